The Labute approximate surface area is 188 Å². The zero-order valence-electron chi connectivity index (χ0n) is 17.5. The molecule has 1 fully saturated rings. The Bertz CT molecular complexity index is 1140. The first-order valence-electron chi connectivity index (χ1n) is 9.68. The zero-order valence-corrected chi connectivity index (χ0v) is 18.3. The van der Waals surface area contributed by atoms with Gasteiger partial charge in [0.25, 0.3) is 11.8 Å². The fourth-order valence-corrected chi connectivity index (χ4v) is 3.83. The van der Waals surface area contributed by atoms with Crippen molar-refractivity contribution in [1.82, 2.24) is 5.01 Å². The number of nitrogens with zero attached hydrogens (tertiary/aromatic N) is 4. The SMILES string of the molecule is COc1ccc(N2C(=O)[C@H]3N=NN(CC(=O)Nc4cccc(Cl)c4C)[C@H]3C2=O)cc1OC. The van der Waals surface area contributed by atoms with E-state index >= 15 is 0 Å². The van der Waals surface area contributed by atoms with E-state index in [0.717, 1.165) is 10.5 Å². The average Bonchev–Trinajstić information content (AvgIpc) is 3.30. The number of halogens is 1. The molecule has 166 valence electrons. The maximum absolute atomic E-state index is 13.1. The molecule has 2 aromatic carbocycles. The standard InChI is InChI=1S/C21H20ClN5O5/c1-11-13(22)5-4-6-14(11)23-17(28)10-26-19-18(24-25-26)20(29)27(21(19)30)12-7-8-15(31-2)16(9-12)32-3/h4-9,18-19H,10H2,1-3H3,(H,23,28)/t18-,19+/m0/s1. The quantitative estimate of drug-likeness (QED) is 0.667. The minimum atomic E-state index is -1.02. The summed E-state index contributed by atoms with van der Waals surface area (Å²) in [6.07, 6.45) is 0. The first kappa shape index (κ1) is 21.6. The van der Waals surface area contributed by atoms with Gasteiger partial charge in [0.1, 0.15) is 6.54 Å². The Morgan fingerprint density at radius 3 is 2.59 bits per heavy atom. The fourth-order valence-electron chi connectivity index (χ4n) is 3.65. The van der Waals surface area contributed by atoms with E-state index in [9.17, 15) is 14.4 Å². The smallest absolute Gasteiger partial charge is 0.263 e. The predicted molar refractivity (Wildman–Crippen MR) is 116 cm³/mol. The van der Waals surface area contributed by atoms with Crippen LogP contribution in [0, 0.1) is 6.92 Å². The number of hydrogen-bond donors (Lipinski definition) is 1. The lowest BCUT2D eigenvalue weighted by atomic mass is 10.1. The highest BCUT2D eigenvalue weighted by Gasteiger charge is 2.55. The number of carbonyl (C=O) groups excluding carboxylic acids is 3. The molecule has 2 atom stereocenters. The highest BCUT2D eigenvalue weighted by Crippen LogP contribution is 2.36. The van der Waals surface area contributed by atoms with Crippen LogP contribution in [0.4, 0.5) is 11.4 Å². The molecule has 11 heteroatoms. The molecule has 0 aromatic heterocycles. The van der Waals surface area contributed by atoms with E-state index in [1.54, 1.807) is 37.3 Å². The molecule has 0 spiro atoms. The van der Waals surface area contributed by atoms with Crippen molar-refractivity contribution in [2.45, 2.75) is 19.0 Å². The lowest BCUT2D eigenvalue weighted by molar-refractivity contribution is -0.123. The largest absolute Gasteiger partial charge is 0.493 e. The normalized spacial score (nSPS) is 19.4. The van der Waals surface area contributed by atoms with E-state index in [2.05, 4.69) is 15.7 Å². The van der Waals surface area contributed by atoms with Gasteiger partial charge in [-0.15, -0.1) is 0 Å². The number of ether oxygens (including phenoxy) is 2. The van der Waals surface area contributed by atoms with Gasteiger partial charge < -0.3 is 14.8 Å². The van der Waals surface area contributed by atoms with Crippen LogP contribution in [-0.2, 0) is 14.4 Å². The van der Waals surface area contributed by atoms with Gasteiger partial charge in [0.2, 0.25) is 5.91 Å². The van der Waals surface area contributed by atoms with Crippen molar-refractivity contribution < 1.29 is 23.9 Å². The first-order valence-corrected chi connectivity index (χ1v) is 10.1. The third kappa shape index (κ3) is 3.62. The second-order valence-corrected chi connectivity index (χ2v) is 7.61. The van der Waals surface area contributed by atoms with Gasteiger partial charge in [-0.05, 0) is 36.8 Å². The minimum absolute atomic E-state index is 0.255. The van der Waals surface area contributed by atoms with Gasteiger partial charge in [-0.3, -0.25) is 19.4 Å². The first-order chi connectivity index (χ1) is 15.3. The number of carbonyl (C=O) groups is 3. The monoisotopic (exact) mass is 457 g/mol. The van der Waals surface area contributed by atoms with Crippen LogP contribution in [0.15, 0.2) is 46.7 Å². The molecular weight excluding hydrogens is 438 g/mol. The van der Waals surface area contributed by atoms with E-state index < -0.39 is 29.8 Å². The van der Waals surface area contributed by atoms with Crippen LogP contribution < -0.4 is 19.7 Å². The summed E-state index contributed by atoms with van der Waals surface area (Å²) in [7, 11) is 2.95. The Morgan fingerprint density at radius 2 is 1.88 bits per heavy atom. The van der Waals surface area contributed by atoms with Crippen molar-refractivity contribution in [3.63, 3.8) is 0 Å². The Kier molecular flexibility index (Phi) is 5.70. The lowest BCUT2D eigenvalue weighted by Gasteiger charge is -2.21. The van der Waals surface area contributed by atoms with E-state index in [0.29, 0.717) is 27.9 Å². The van der Waals surface area contributed by atoms with E-state index in [1.807, 2.05) is 0 Å². The van der Waals surface area contributed by atoms with Gasteiger partial charge in [-0.25, -0.2) is 4.90 Å². The molecular formula is C21H20ClN5O5. The van der Waals surface area contributed by atoms with Crippen molar-refractivity contribution in [1.29, 1.82) is 0 Å². The summed E-state index contributed by atoms with van der Waals surface area (Å²) in [5, 5.41) is 12.3. The molecule has 10 nitrogen and oxygen atoms in total. The van der Waals surface area contributed by atoms with Crippen molar-refractivity contribution in [3.8, 4) is 11.5 Å². The summed E-state index contributed by atoms with van der Waals surface area (Å²) < 4.78 is 10.5. The van der Waals surface area contributed by atoms with Crippen LogP contribution in [0.1, 0.15) is 5.56 Å². The molecule has 2 aliphatic rings. The minimum Gasteiger partial charge on any atom is -0.493 e. The molecule has 0 aliphatic carbocycles. The molecule has 0 unspecified atom stereocenters. The molecule has 2 aliphatic heterocycles. The van der Waals surface area contributed by atoms with Crippen LogP contribution in [-0.4, -0.2) is 55.6 Å². The number of methoxy groups -OCH3 is 2. The van der Waals surface area contributed by atoms with Crippen LogP contribution in [0.5, 0.6) is 11.5 Å². The third-order valence-electron chi connectivity index (χ3n) is 5.33. The van der Waals surface area contributed by atoms with Gasteiger partial charge in [0.15, 0.2) is 23.6 Å². The summed E-state index contributed by atoms with van der Waals surface area (Å²) in [5.41, 5.74) is 1.59. The second kappa shape index (κ2) is 8.46. The number of fused-ring (bicyclic) bond motifs is 1. The van der Waals surface area contributed by atoms with E-state index in [4.69, 9.17) is 21.1 Å². The number of hydrogen-bond acceptors (Lipinski definition) is 8. The zero-order chi connectivity index (χ0) is 23.0. The van der Waals surface area contributed by atoms with Crippen molar-refractivity contribution >= 4 is 40.7 Å². The number of imide groups is 1. The second-order valence-electron chi connectivity index (χ2n) is 7.20. The van der Waals surface area contributed by atoms with Gasteiger partial charge in [-0.1, -0.05) is 22.9 Å². The van der Waals surface area contributed by atoms with Gasteiger partial charge in [0, 0.05) is 16.8 Å². The average molecular weight is 458 g/mol. The maximum Gasteiger partial charge on any atom is 0.263 e. The van der Waals surface area contributed by atoms with Gasteiger partial charge in [-0.2, -0.15) is 5.11 Å². The van der Waals surface area contributed by atoms with Crippen molar-refractivity contribution in [2.75, 3.05) is 31.0 Å². The van der Waals surface area contributed by atoms with Crippen LogP contribution in [0.2, 0.25) is 5.02 Å². The molecule has 0 bridgehead atoms. The Morgan fingerprint density at radius 1 is 1.12 bits per heavy atom. The molecule has 1 saturated heterocycles. The van der Waals surface area contributed by atoms with Crippen molar-refractivity contribution in [3.05, 3.63) is 47.0 Å². The number of amides is 3. The molecule has 2 aromatic rings. The highest BCUT2D eigenvalue weighted by molar-refractivity contribution is 6.31. The lowest BCUT2D eigenvalue weighted by Crippen LogP contribution is -2.43. The van der Waals surface area contributed by atoms with Crippen molar-refractivity contribution in [2.24, 2.45) is 10.3 Å². The molecule has 4 rings (SSSR count). The van der Waals surface area contributed by atoms with Crippen LogP contribution >= 0.6 is 11.6 Å². The predicted octanol–water partition coefficient (Wildman–Crippen LogP) is 2.60. The van der Waals surface area contributed by atoms with E-state index in [1.165, 1.54) is 25.3 Å². The molecule has 0 radical (unpaired) electrons. The molecule has 0 saturated carbocycles. The molecule has 1 N–H and O–H groups in total. The molecule has 3 amide bonds. The van der Waals surface area contributed by atoms with E-state index in [-0.39, 0.29) is 6.54 Å². The molecule has 2 heterocycles. The number of nitrogens with one attached hydrogen (secondary N) is 1. The molecule has 32 heavy (non-hydrogen) atoms. The number of rotatable bonds is 6. The summed E-state index contributed by atoms with van der Waals surface area (Å²) in [5.74, 6) is -0.629. The Balaban J connectivity index is 1.52. The summed E-state index contributed by atoms with van der Waals surface area (Å²) in [6.45, 7) is 1.53. The highest BCUT2D eigenvalue weighted by atomic mass is 35.5. The third-order valence-corrected chi connectivity index (χ3v) is 5.74. The summed E-state index contributed by atoms with van der Waals surface area (Å²) >= 11 is 6.09. The fraction of sp³-hybridized carbons (Fsp3) is 0.286. The van der Waals surface area contributed by atoms with Crippen LogP contribution in [0.3, 0.4) is 0 Å². The Hall–Kier alpha value is -3.66. The van der Waals surface area contributed by atoms with Crippen LogP contribution in [0.25, 0.3) is 0 Å². The summed E-state index contributed by atoms with van der Waals surface area (Å²) in [6, 6.07) is 7.85. The number of anilines is 2. The van der Waals surface area contributed by atoms with Gasteiger partial charge in [0.05, 0.1) is 19.9 Å². The van der Waals surface area contributed by atoms with Gasteiger partial charge >= 0.3 is 0 Å². The summed E-state index contributed by atoms with van der Waals surface area (Å²) in [4.78, 5) is 39.6. The maximum atomic E-state index is 13.1. The topological polar surface area (TPSA) is 113 Å². The number of benzene rings is 2.